The second-order valence-corrected chi connectivity index (χ2v) is 8.66. The number of carbonyl (C=O) groups is 1. The van der Waals surface area contributed by atoms with Crippen LogP contribution in [0.2, 0.25) is 0 Å². The number of benzene rings is 2. The third-order valence-corrected chi connectivity index (χ3v) is 5.99. The van der Waals surface area contributed by atoms with E-state index < -0.39 is 10.0 Å². The third kappa shape index (κ3) is 4.72. The zero-order valence-corrected chi connectivity index (χ0v) is 18.1. The molecule has 0 heterocycles. The molecule has 2 aromatic carbocycles. The Morgan fingerprint density at radius 2 is 1.82 bits per heavy atom. The maximum absolute atomic E-state index is 13.2. The molecule has 2 rings (SSSR count). The Morgan fingerprint density at radius 1 is 1.14 bits per heavy atom. The SMILES string of the molecule is CCN(C(=O)c1ccc(OC)c(S(=O)(=O)NC(C)C)c1)c1cc(C)ccc1C. The highest BCUT2D eigenvalue weighted by atomic mass is 32.2. The van der Waals surface area contributed by atoms with E-state index in [4.69, 9.17) is 4.74 Å². The Hall–Kier alpha value is -2.38. The number of sulfonamides is 1. The lowest BCUT2D eigenvalue weighted by Gasteiger charge is -2.24. The van der Waals surface area contributed by atoms with Gasteiger partial charge in [-0.25, -0.2) is 13.1 Å². The lowest BCUT2D eigenvalue weighted by Crippen LogP contribution is -2.33. The summed E-state index contributed by atoms with van der Waals surface area (Å²) < 4.78 is 33.1. The van der Waals surface area contributed by atoms with Gasteiger partial charge in [0, 0.05) is 23.8 Å². The molecule has 0 aromatic heterocycles. The van der Waals surface area contributed by atoms with E-state index in [1.165, 1.54) is 19.2 Å². The molecule has 0 radical (unpaired) electrons. The fourth-order valence-electron chi connectivity index (χ4n) is 2.98. The predicted octanol–water partition coefficient (Wildman–Crippen LogP) is 3.67. The van der Waals surface area contributed by atoms with Crippen LogP contribution in [0.25, 0.3) is 0 Å². The van der Waals surface area contributed by atoms with Crippen molar-refractivity contribution in [3.8, 4) is 5.75 Å². The van der Waals surface area contributed by atoms with E-state index in [2.05, 4.69) is 4.72 Å². The fourth-order valence-corrected chi connectivity index (χ4v) is 4.43. The van der Waals surface area contributed by atoms with Crippen LogP contribution < -0.4 is 14.4 Å². The fraction of sp³-hybridized carbons (Fsp3) is 0.381. The van der Waals surface area contributed by atoms with Crippen molar-refractivity contribution >= 4 is 21.6 Å². The molecular weight excluding hydrogens is 376 g/mol. The molecule has 28 heavy (non-hydrogen) atoms. The maximum atomic E-state index is 13.2. The minimum Gasteiger partial charge on any atom is -0.495 e. The van der Waals surface area contributed by atoms with Crippen molar-refractivity contribution in [2.45, 2.75) is 45.6 Å². The average molecular weight is 405 g/mol. The van der Waals surface area contributed by atoms with Gasteiger partial charge in [0.15, 0.2) is 0 Å². The van der Waals surface area contributed by atoms with Crippen molar-refractivity contribution in [1.82, 2.24) is 4.72 Å². The van der Waals surface area contributed by atoms with Crippen LogP contribution in [0.15, 0.2) is 41.3 Å². The lowest BCUT2D eigenvalue weighted by molar-refractivity contribution is 0.0988. The van der Waals surface area contributed by atoms with E-state index >= 15 is 0 Å². The average Bonchev–Trinajstić information content (AvgIpc) is 2.63. The summed E-state index contributed by atoms with van der Waals surface area (Å²) in [7, 11) is -2.41. The van der Waals surface area contributed by atoms with Gasteiger partial charge in [-0.05, 0) is 70.0 Å². The monoisotopic (exact) mass is 404 g/mol. The van der Waals surface area contributed by atoms with E-state index in [9.17, 15) is 13.2 Å². The van der Waals surface area contributed by atoms with Crippen LogP contribution in [0.3, 0.4) is 0 Å². The van der Waals surface area contributed by atoms with Crippen LogP contribution in [0.5, 0.6) is 5.75 Å². The molecule has 0 aliphatic rings. The van der Waals surface area contributed by atoms with Crippen molar-refractivity contribution < 1.29 is 17.9 Å². The van der Waals surface area contributed by atoms with Crippen molar-refractivity contribution in [3.63, 3.8) is 0 Å². The molecule has 1 N–H and O–H groups in total. The number of aryl methyl sites for hydroxylation is 2. The molecule has 0 saturated carbocycles. The molecule has 0 atom stereocenters. The van der Waals surface area contributed by atoms with Crippen molar-refractivity contribution in [2.24, 2.45) is 0 Å². The largest absolute Gasteiger partial charge is 0.495 e. The highest BCUT2D eigenvalue weighted by Gasteiger charge is 2.25. The van der Waals surface area contributed by atoms with Gasteiger partial charge >= 0.3 is 0 Å². The van der Waals surface area contributed by atoms with Gasteiger partial charge in [-0.15, -0.1) is 0 Å². The quantitative estimate of drug-likeness (QED) is 0.764. The topological polar surface area (TPSA) is 75.7 Å². The van der Waals surface area contributed by atoms with Gasteiger partial charge in [-0.3, -0.25) is 4.79 Å². The Balaban J connectivity index is 2.53. The number of anilines is 1. The van der Waals surface area contributed by atoms with E-state index in [0.717, 1.165) is 16.8 Å². The molecule has 2 aromatic rings. The number of nitrogens with one attached hydrogen (secondary N) is 1. The smallest absolute Gasteiger partial charge is 0.258 e. The molecule has 6 nitrogen and oxygen atoms in total. The Morgan fingerprint density at radius 3 is 2.39 bits per heavy atom. The second kappa shape index (κ2) is 8.75. The van der Waals surface area contributed by atoms with Crippen molar-refractivity contribution in [2.75, 3.05) is 18.6 Å². The lowest BCUT2D eigenvalue weighted by atomic mass is 10.1. The van der Waals surface area contributed by atoms with Gasteiger partial charge in [-0.2, -0.15) is 0 Å². The van der Waals surface area contributed by atoms with Crippen LogP contribution >= 0.6 is 0 Å². The molecule has 0 fully saturated rings. The molecule has 0 aliphatic carbocycles. The molecule has 0 aliphatic heterocycles. The zero-order valence-electron chi connectivity index (χ0n) is 17.2. The molecule has 0 spiro atoms. The van der Waals surface area contributed by atoms with Crippen molar-refractivity contribution in [1.29, 1.82) is 0 Å². The molecule has 0 bridgehead atoms. The van der Waals surface area contributed by atoms with E-state index in [1.807, 2.05) is 39.0 Å². The number of nitrogens with zero attached hydrogens (tertiary/aromatic N) is 1. The Kier molecular flexibility index (Phi) is 6.85. The van der Waals surface area contributed by atoms with E-state index in [0.29, 0.717) is 6.54 Å². The highest BCUT2D eigenvalue weighted by molar-refractivity contribution is 7.89. The van der Waals surface area contributed by atoms with E-state index in [1.54, 1.807) is 24.8 Å². The number of carbonyl (C=O) groups excluding carboxylic acids is 1. The minimum absolute atomic E-state index is 0.0495. The number of hydrogen-bond donors (Lipinski definition) is 1. The number of methoxy groups -OCH3 is 1. The van der Waals surface area contributed by atoms with Crippen LogP contribution in [0.1, 0.15) is 42.3 Å². The van der Waals surface area contributed by atoms with Gasteiger partial charge in [0.25, 0.3) is 5.91 Å². The first kappa shape index (κ1) is 21.9. The van der Waals surface area contributed by atoms with Gasteiger partial charge in [-0.1, -0.05) is 12.1 Å². The zero-order chi connectivity index (χ0) is 21.1. The number of ether oxygens (including phenoxy) is 1. The van der Waals surface area contributed by atoms with Crippen LogP contribution in [-0.4, -0.2) is 34.0 Å². The summed E-state index contributed by atoms with van der Waals surface area (Å²) in [5.41, 5.74) is 3.12. The minimum atomic E-state index is -3.82. The van der Waals surface area contributed by atoms with Gasteiger partial charge in [0.2, 0.25) is 10.0 Å². The predicted molar refractivity (Wildman–Crippen MR) is 112 cm³/mol. The highest BCUT2D eigenvalue weighted by Crippen LogP contribution is 2.28. The first-order valence-electron chi connectivity index (χ1n) is 9.20. The number of rotatable bonds is 7. The molecule has 1 amide bonds. The van der Waals surface area contributed by atoms with Gasteiger partial charge < -0.3 is 9.64 Å². The molecule has 0 unspecified atom stereocenters. The van der Waals surface area contributed by atoms with Crippen molar-refractivity contribution in [3.05, 3.63) is 53.1 Å². The van der Waals surface area contributed by atoms with Crippen LogP contribution in [0.4, 0.5) is 5.69 Å². The normalized spacial score (nSPS) is 11.5. The summed E-state index contributed by atoms with van der Waals surface area (Å²) >= 11 is 0. The Labute approximate surface area is 167 Å². The first-order chi connectivity index (χ1) is 13.1. The second-order valence-electron chi connectivity index (χ2n) is 6.98. The summed E-state index contributed by atoms with van der Waals surface area (Å²) in [5.74, 6) is -0.0701. The molecular formula is C21H28N2O4S. The third-order valence-electron chi connectivity index (χ3n) is 4.31. The summed E-state index contributed by atoms with van der Waals surface area (Å²) in [6.45, 7) is 9.73. The molecule has 0 saturated heterocycles. The number of amides is 1. The van der Waals surface area contributed by atoms with Crippen LogP contribution in [-0.2, 0) is 10.0 Å². The summed E-state index contributed by atoms with van der Waals surface area (Å²) in [6.07, 6.45) is 0. The molecule has 152 valence electrons. The standard InChI is InChI=1S/C21H28N2O4S/c1-7-23(18-12-15(4)8-9-16(18)5)21(24)17-10-11-19(27-6)20(13-17)28(25,26)22-14(2)3/h8-14,22H,7H2,1-6H3. The van der Waals surface area contributed by atoms with Gasteiger partial charge in [0.1, 0.15) is 10.6 Å². The van der Waals surface area contributed by atoms with Crippen LogP contribution in [0, 0.1) is 13.8 Å². The Bertz CT molecular complexity index is 968. The first-order valence-corrected chi connectivity index (χ1v) is 10.7. The van der Waals surface area contributed by atoms with Gasteiger partial charge in [0.05, 0.1) is 7.11 Å². The number of hydrogen-bond acceptors (Lipinski definition) is 4. The maximum Gasteiger partial charge on any atom is 0.258 e. The summed E-state index contributed by atoms with van der Waals surface area (Å²) in [5, 5.41) is 0. The summed E-state index contributed by atoms with van der Waals surface area (Å²) in [6, 6.07) is 10.1. The molecule has 7 heteroatoms. The summed E-state index contributed by atoms with van der Waals surface area (Å²) in [4.78, 5) is 14.8. The van der Waals surface area contributed by atoms with E-state index in [-0.39, 0.29) is 28.2 Å².